The lowest BCUT2D eigenvalue weighted by atomic mass is 10.1. The Bertz CT molecular complexity index is 1500. The summed E-state index contributed by atoms with van der Waals surface area (Å²) in [6, 6.07) is 13.5. The molecular weight excluding hydrogens is 585 g/mol. The highest BCUT2D eigenvalue weighted by molar-refractivity contribution is 6.35. The van der Waals surface area contributed by atoms with E-state index in [0.29, 0.717) is 82.2 Å². The standard InChI is InChI=1S/C29H31Cl2N5O6/c1-18-14-24(32-8-10-40-12-13-41-11-9-37)27(28(35-18)36-23-5-3-2-4-20(23)29(38)39)34-17-26-33-16-25(42-26)21-15-19(30)6-7-22(21)31/h2-7,14-16,34,37H,8-13,17H2,1H3,(H,38,39)(H2,32,35,36). The monoisotopic (exact) mass is 615 g/mol. The number of oxazole rings is 1. The number of para-hydroxylation sites is 1. The van der Waals surface area contributed by atoms with Crippen LogP contribution in [0.5, 0.6) is 0 Å². The fourth-order valence-electron chi connectivity index (χ4n) is 4.00. The second-order valence-corrected chi connectivity index (χ2v) is 9.83. The van der Waals surface area contributed by atoms with E-state index in [9.17, 15) is 9.90 Å². The smallest absolute Gasteiger partial charge is 0.337 e. The van der Waals surface area contributed by atoms with Crippen LogP contribution in [-0.2, 0) is 16.0 Å². The van der Waals surface area contributed by atoms with Gasteiger partial charge in [-0.1, -0.05) is 35.3 Å². The molecule has 0 unspecified atom stereocenters. The molecule has 0 fully saturated rings. The van der Waals surface area contributed by atoms with E-state index in [-0.39, 0.29) is 25.3 Å². The van der Waals surface area contributed by atoms with Gasteiger partial charge < -0.3 is 40.1 Å². The van der Waals surface area contributed by atoms with Gasteiger partial charge in [0.2, 0.25) is 5.89 Å². The maximum Gasteiger partial charge on any atom is 0.337 e. The van der Waals surface area contributed by atoms with Crippen molar-refractivity contribution >= 4 is 52.1 Å². The summed E-state index contributed by atoms with van der Waals surface area (Å²) >= 11 is 12.5. The third kappa shape index (κ3) is 8.57. The normalized spacial score (nSPS) is 11.0. The Hall–Kier alpha value is -3.87. The number of anilines is 4. The van der Waals surface area contributed by atoms with Crippen LogP contribution in [0.3, 0.4) is 0 Å². The van der Waals surface area contributed by atoms with Crippen molar-refractivity contribution in [3.8, 4) is 11.3 Å². The predicted molar refractivity (Wildman–Crippen MR) is 162 cm³/mol. The number of hydrogen-bond acceptors (Lipinski definition) is 10. The minimum Gasteiger partial charge on any atom is -0.478 e. The molecule has 0 amide bonds. The molecular formula is C29H31Cl2N5O6. The molecule has 2 aromatic heterocycles. The molecule has 0 spiro atoms. The van der Waals surface area contributed by atoms with E-state index in [0.717, 1.165) is 0 Å². The zero-order valence-corrected chi connectivity index (χ0v) is 24.3. The minimum absolute atomic E-state index is 0.0325. The third-order valence-electron chi connectivity index (χ3n) is 5.89. The number of nitrogens with zero attached hydrogens (tertiary/aromatic N) is 2. The zero-order valence-electron chi connectivity index (χ0n) is 22.8. The number of rotatable bonds is 16. The lowest BCUT2D eigenvalue weighted by molar-refractivity contribution is 0.0361. The molecule has 5 N–H and O–H groups in total. The summed E-state index contributed by atoms with van der Waals surface area (Å²) in [6.45, 7) is 3.92. The molecule has 2 aromatic carbocycles. The first kappa shape index (κ1) is 31.1. The second kappa shape index (κ2) is 15.4. The fraction of sp³-hybridized carbons (Fsp3) is 0.276. The van der Waals surface area contributed by atoms with E-state index in [4.69, 9.17) is 42.2 Å². The molecule has 2 heterocycles. The highest BCUT2D eigenvalue weighted by Crippen LogP contribution is 2.35. The number of aryl methyl sites for hydroxylation is 1. The maximum atomic E-state index is 11.8. The third-order valence-corrected chi connectivity index (χ3v) is 6.46. The Labute approximate surface area is 252 Å². The molecule has 0 radical (unpaired) electrons. The van der Waals surface area contributed by atoms with Gasteiger partial charge in [0, 0.05) is 22.8 Å². The van der Waals surface area contributed by atoms with Crippen LogP contribution in [0.25, 0.3) is 11.3 Å². The first-order valence-electron chi connectivity index (χ1n) is 13.1. The highest BCUT2D eigenvalue weighted by Gasteiger charge is 2.17. The van der Waals surface area contributed by atoms with Gasteiger partial charge in [0.05, 0.1) is 67.7 Å². The number of nitrogens with one attached hydrogen (secondary N) is 3. The second-order valence-electron chi connectivity index (χ2n) is 8.98. The number of aliphatic hydroxyl groups is 1. The van der Waals surface area contributed by atoms with E-state index in [1.807, 2.05) is 13.0 Å². The number of aromatic carboxylic acids is 1. The number of hydrogen-bond donors (Lipinski definition) is 5. The molecule has 4 aromatic rings. The van der Waals surface area contributed by atoms with Gasteiger partial charge in [0.1, 0.15) is 5.69 Å². The molecule has 0 aliphatic heterocycles. The summed E-state index contributed by atoms with van der Waals surface area (Å²) in [7, 11) is 0. The topological polar surface area (TPSA) is 151 Å². The van der Waals surface area contributed by atoms with Crippen molar-refractivity contribution in [2.24, 2.45) is 0 Å². The van der Waals surface area contributed by atoms with Gasteiger partial charge in [0.15, 0.2) is 11.6 Å². The largest absolute Gasteiger partial charge is 0.478 e. The zero-order chi connectivity index (χ0) is 29.9. The summed E-state index contributed by atoms with van der Waals surface area (Å²) in [4.78, 5) is 20.9. The summed E-state index contributed by atoms with van der Waals surface area (Å²) in [5.41, 5.74) is 3.10. The molecule has 222 valence electrons. The molecule has 13 heteroatoms. The van der Waals surface area contributed by atoms with Gasteiger partial charge in [-0.25, -0.2) is 14.8 Å². The van der Waals surface area contributed by atoms with Crippen LogP contribution in [0, 0.1) is 6.92 Å². The molecule has 0 saturated carbocycles. The Morgan fingerprint density at radius 3 is 2.57 bits per heavy atom. The van der Waals surface area contributed by atoms with Crippen LogP contribution in [0.2, 0.25) is 10.0 Å². The molecule has 0 aliphatic rings. The van der Waals surface area contributed by atoms with Crippen LogP contribution < -0.4 is 16.0 Å². The van der Waals surface area contributed by atoms with Crippen molar-refractivity contribution in [2.75, 3.05) is 55.5 Å². The SMILES string of the molecule is Cc1cc(NCCOCCOCCO)c(NCc2ncc(-c3cc(Cl)ccc3Cl)o2)c(Nc2ccccc2C(=O)O)n1. The lowest BCUT2D eigenvalue weighted by Gasteiger charge is -2.19. The van der Waals surface area contributed by atoms with Crippen LogP contribution in [0.15, 0.2) is 59.1 Å². The number of benzene rings is 2. The van der Waals surface area contributed by atoms with Gasteiger partial charge >= 0.3 is 5.97 Å². The Morgan fingerprint density at radius 1 is 1.00 bits per heavy atom. The van der Waals surface area contributed by atoms with Crippen LogP contribution >= 0.6 is 23.2 Å². The first-order chi connectivity index (χ1) is 20.4. The summed E-state index contributed by atoms with van der Waals surface area (Å²) in [5, 5.41) is 29.3. The Kier molecular flexibility index (Phi) is 11.4. The van der Waals surface area contributed by atoms with Crippen LogP contribution in [0.1, 0.15) is 21.9 Å². The van der Waals surface area contributed by atoms with Gasteiger partial charge in [-0.2, -0.15) is 0 Å². The molecule has 0 atom stereocenters. The van der Waals surface area contributed by atoms with E-state index >= 15 is 0 Å². The molecule has 4 rings (SSSR count). The molecule has 0 aliphatic carbocycles. The maximum absolute atomic E-state index is 11.8. The fourth-order valence-corrected chi connectivity index (χ4v) is 4.38. The van der Waals surface area contributed by atoms with Crippen LogP contribution in [0.4, 0.5) is 22.9 Å². The van der Waals surface area contributed by atoms with Crippen molar-refractivity contribution in [2.45, 2.75) is 13.5 Å². The van der Waals surface area contributed by atoms with Crippen molar-refractivity contribution < 1.29 is 28.9 Å². The van der Waals surface area contributed by atoms with Gasteiger partial charge in [-0.15, -0.1) is 0 Å². The number of carboxylic acids is 1. The van der Waals surface area contributed by atoms with E-state index in [1.165, 1.54) is 6.07 Å². The number of halogens is 2. The van der Waals surface area contributed by atoms with Crippen LogP contribution in [-0.4, -0.2) is 65.7 Å². The summed E-state index contributed by atoms with van der Waals surface area (Å²) in [6.07, 6.45) is 1.57. The van der Waals surface area contributed by atoms with Crippen molar-refractivity contribution in [3.63, 3.8) is 0 Å². The number of carbonyl (C=O) groups is 1. The van der Waals surface area contributed by atoms with Crippen molar-refractivity contribution in [1.29, 1.82) is 0 Å². The highest BCUT2D eigenvalue weighted by atomic mass is 35.5. The number of ether oxygens (including phenoxy) is 2. The number of aliphatic hydroxyl groups excluding tert-OH is 1. The van der Waals surface area contributed by atoms with Gasteiger partial charge in [0.25, 0.3) is 0 Å². The average molecular weight is 617 g/mol. The number of aromatic nitrogens is 2. The van der Waals surface area contributed by atoms with E-state index in [1.54, 1.807) is 42.6 Å². The quantitative estimate of drug-likeness (QED) is 0.0966. The Morgan fingerprint density at radius 2 is 1.79 bits per heavy atom. The minimum atomic E-state index is -1.06. The Balaban J connectivity index is 1.55. The van der Waals surface area contributed by atoms with Crippen molar-refractivity contribution in [1.82, 2.24) is 9.97 Å². The molecule has 11 nitrogen and oxygen atoms in total. The number of pyridine rings is 1. The van der Waals surface area contributed by atoms with Gasteiger partial charge in [-0.3, -0.25) is 0 Å². The molecule has 0 bridgehead atoms. The summed E-state index contributed by atoms with van der Waals surface area (Å²) < 4.78 is 16.8. The molecule has 42 heavy (non-hydrogen) atoms. The van der Waals surface area contributed by atoms with E-state index in [2.05, 4.69) is 25.9 Å². The van der Waals surface area contributed by atoms with E-state index < -0.39 is 5.97 Å². The van der Waals surface area contributed by atoms with Gasteiger partial charge in [-0.05, 0) is 43.3 Å². The summed E-state index contributed by atoms with van der Waals surface area (Å²) in [5.74, 6) is 0.198. The number of carboxylic acid groups (broad SMARTS) is 1. The average Bonchev–Trinajstić information content (AvgIpc) is 3.44. The molecule has 0 saturated heterocycles. The first-order valence-corrected chi connectivity index (χ1v) is 13.9. The predicted octanol–water partition coefficient (Wildman–Crippen LogP) is 5.84. The lowest BCUT2D eigenvalue weighted by Crippen LogP contribution is -2.15. The van der Waals surface area contributed by atoms with Crippen molar-refractivity contribution in [3.05, 3.63) is 81.9 Å².